The van der Waals surface area contributed by atoms with Crippen LogP contribution in [0.3, 0.4) is 0 Å². The van der Waals surface area contributed by atoms with Gasteiger partial charge >= 0.3 is 5.97 Å². The molecule has 0 saturated heterocycles. The molecule has 0 aromatic rings. The van der Waals surface area contributed by atoms with Crippen molar-refractivity contribution in [1.29, 1.82) is 0 Å². The van der Waals surface area contributed by atoms with Crippen LogP contribution in [0.5, 0.6) is 0 Å². The van der Waals surface area contributed by atoms with Crippen LogP contribution < -0.4 is 0 Å². The molecule has 4 heteroatoms. The van der Waals surface area contributed by atoms with Crippen LogP contribution in [0, 0.1) is 0 Å². The number of esters is 1. The molecular formula is C14H19NO3. The molecule has 1 aliphatic rings. The number of allylic oxidation sites excluding steroid dienone is 3. The van der Waals surface area contributed by atoms with Crippen molar-refractivity contribution in [1.82, 2.24) is 4.90 Å². The van der Waals surface area contributed by atoms with E-state index in [2.05, 4.69) is 6.58 Å². The first-order valence-electron chi connectivity index (χ1n) is 5.86. The van der Waals surface area contributed by atoms with Crippen LogP contribution >= 0.6 is 0 Å². The third-order valence-electron chi connectivity index (χ3n) is 2.66. The first kappa shape index (κ1) is 14.3. The highest BCUT2D eigenvalue weighted by molar-refractivity contribution is 5.90. The minimum atomic E-state index is -0.363. The molecule has 0 spiro atoms. The molecule has 0 radical (unpaired) electrons. The Hall–Kier alpha value is -1.81. The maximum Gasteiger partial charge on any atom is 0.335 e. The molecule has 1 N–H and O–H groups in total. The molecule has 1 rings (SSSR count). The maximum atomic E-state index is 11.8. The number of carbonyl (C=O) groups excluding carboxylic acids is 1. The Morgan fingerprint density at radius 1 is 1.56 bits per heavy atom. The lowest BCUT2D eigenvalue weighted by atomic mass is 10.0. The van der Waals surface area contributed by atoms with Crippen molar-refractivity contribution in [2.75, 3.05) is 13.7 Å². The topological polar surface area (TPSA) is 49.8 Å². The van der Waals surface area contributed by atoms with E-state index in [1.807, 2.05) is 31.2 Å². The van der Waals surface area contributed by atoms with Gasteiger partial charge in [-0.1, -0.05) is 31.7 Å². The van der Waals surface area contributed by atoms with Gasteiger partial charge in [-0.05, 0) is 12.5 Å². The summed E-state index contributed by atoms with van der Waals surface area (Å²) in [5.74, 6) is -0.363. The summed E-state index contributed by atoms with van der Waals surface area (Å²) in [6.07, 6.45) is 9.92. The van der Waals surface area contributed by atoms with Gasteiger partial charge in [0.1, 0.15) is 0 Å². The van der Waals surface area contributed by atoms with Crippen molar-refractivity contribution < 1.29 is 14.6 Å². The molecule has 0 saturated carbocycles. The van der Waals surface area contributed by atoms with Gasteiger partial charge < -0.3 is 14.7 Å². The normalized spacial score (nSPS) is 18.9. The monoisotopic (exact) mass is 249 g/mol. The number of carbonyl (C=O) groups is 1. The SMILES string of the molecule is C=C(CO)N1C=CC=CC1C(=CCC)C(=O)OC. The molecule has 0 amide bonds. The Morgan fingerprint density at radius 3 is 2.83 bits per heavy atom. The molecule has 18 heavy (non-hydrogen) atoms. The fourth-order valence-corrected chi connectivity index (χ4v) is 1.80. The van der Waals surface area contributed by atoms with E-state index in [4.69, 9.17) is 4.74 Å². The number of hydrogen-bond donors (Lipinski definition) is 1. The van der Waals surface area contributed by atoms with Gasteiger partial charge in [0, 0.05) is 11.9 Å². The van der Waals surface area contributed by atoms with Gasteiger partial charge in [-0.2, -0.15) is 0 Å². The maximum absolute atomic E-state index is 11.8. The predicted molar refractivity (Wildman–Crippen MR) is 70.5 cm³/mol. The van der Waals surface area contributed by atoms with Gasteiger partial charge in [-0.25, -0.2) is 4.79 Å². The highest BCUT2D eigenvalue weighted by Gasteiger charge is 2.25. The molecule has 98 valence electrons. The van der Waals surface area contributed by atoms with Crippen LogP contribution in [0.4, 0.5) is 0 Å². The van der Waals surface area contributed by atoms with Crippen LogP contribution in [-0.2, 0) is 9.53 Å². The molecule has 1 atom stereocenters. The minimum Gasteiger partial charge on any atom is -0.466 e. The van der Waals surface area contributed by atoms with Crippen molar-refractivity contribution in [3.8, 4) is 0 Å². The van der Waals surface area contributed by atoms with Crippen molar-refractivity contribution >= 4 is 5.97 Å². The van der Waals surface area contributed by atoms with Crippen LogP contribution in [-0.4, -0.2) is 35.7 Å². The zero-order chi connectivity index (χ0) is 13.5. The second-order valence-corrected chi connectivity index (χ2v) is 3.86. The van der Waals surface area contributed by atoms with Gasteiger partial charge in [0.2, 0.25) is 0 Å². The van der Waals surface area contributed by atoms with Crippen molar-refractivity contribution in [3.63, 3.8) is 0 Å². The lowest BCUT2D eigenvalue weighted by Crippen LogP contribution is -2.35. The number of rotatable bonds is 5. The van der Waals surface area contributed by atoms with Crippen LogP contribution in [0.2, 0.25) is 0 Å². The summed E-state index contributed by atoms with van der Waals surface area (Å²) in [6.45, 7) is 5.58. The average molecular weight is 249 g/mol. The highest BCUT2D eigenvalue weighted by atomic mass is 16.5. The van der Waals surface area contributed by atoms with E-state index in [1.165, 1.54) is 7.11 Å². The van der Waals surface area contributed by atoms with E-state index < -0.39 is 0 Å². The van der Waals surface area contributed by atoms with E-state index in [0.717, 1.165) is 6.42 Å². The Labute approximate surface area is 108 Å². The summed E-state index contributed by atoms with van der Waals surface area (Å²) in [5, 5.41) is 9.18. The summed E-state index contributed by atoms with van der Waals surface area (Å²) < 4.78 is 4.80. The predicted octanol–water partition coefficient (Wildman–Crippen LogP) is 1.76. The van der Waals surface area contributed by atoms with Crippen LogP contribution in [0.1, 0.15) is 13.3 Å². The number of methoxy groups -OCH3 is 1. The second kappa shape index (κ2) is 6.81. The quantitative estimate of drug-likeness (QED) is 0.596. The van der Waals surface area contributed by atoms with Gasteiger partial charge in [0.05, 0.1) is 25.3 Å². The first-order valence-corrected chi connectivity index (χ1v) is 5.86. The van der Waals surface area contributed by atoms with E-state index in [1.54, 1.807) is 11.1 Å². The summed E-state index contributed by atoms with van der Waals surface area (Å²) in [6, 6.07) is -0.276. The van der Waals surface area contributed by atoms with Gasteiger partial charge in [-0.15, -0.1) is 0 Å². The summed E-state index contributed by atoms with van der Waals surface area (Å²) in [7, 11) is 1.36. The lowest BCUT2D eigenvalue weighted by molar-refractivity contribution is -0.136. The van der Waals surface area contributed by atoms with Gasteiger partial charge in [0.25, 0.3) is 0 Å². The first-order chi connectivity index (χ1) is 8.65. The molecule has 1 aliphatic heterocycles. The molecule has 0 aliphatic carbocycles. The van der Waals surface area contributed by atoms with Crippen LogP contribution in [0.15, 0.2) is 48.4 Å². The summed E-state index contributed by atoms with van der Waals surface area (Å²) in [5.41, 5.74) is 1.08. The molecule has 1 unspecified atom stereocenters. The Bertz CT molecular complexity index is 407. The Balaban J connectivity index is 3.05. The smallest absolute Gasteiger partial charge is 0.335 e. The van der Waals surface area contributed by atoms with Crippen molar-refractivity contribution in [2.24, 2.45) is 0 Å². The minimum absolute atomic E-state index is 0.157. The highest BCUT2D eigenvalue weighted by Crippen LogP contribution is 2.22. The van der Waals surface area contributed by atoms with Crippen molar-refractivity contribution in [2.45, 2.75) is 19.4 Å². The van der Waals surface area contributed by atoms with Crippen molar-refractivity contribution in [3.05, 3.63) is 48.4 Å². The number of aliphatic hydroxyl groups excluding tert-OH is 1. The standard InChI is InChI=1S/C14H19NO3/c1-4-7-12(14(17)18-3)13-8-5-6-9-15(13)11(2)10-16/h5-9,13,16H,2,4,10H2,1,3H3. The molecular weight excluding hydrogens is 230 g/mol. The largest absolute Gasteiger partial charge is 0.466 e. The van der Waals surface area contributed by atoms with Crippen LogP contribution in [0.25, 0.3) is 0 Å². The number of hydrogen-bond acceptors (Lipinski definition) is 4. The molecule has 4 nitrogen and oxygen atoms in total. The molecule has 0 aromatic carbocycles. The number of aliphatic hydroxyl groups is 1. The van der Waals surface area contributed by atoms with Gasteiger partial charge in [-0.3, -0.25) is 0 Å². The zero-order valence-electron chi connectivity index (χ0n) is 10.8. The third kappa shape index (κ3) is 3.11. The molecule has 1 heterocycles. The molecule has 0 aromatic heterocycles. The fourth-order valence-electron chi connectivity index (χ4n) is 1.80. The fraction of sp³-hybridized carbons (Fsp3) is 0.357. The summed E-state index contributed by atoms with van der Waals surface area (Å²) >= 11 is 0. The Morgan fingerprint density at radius 2 is 2.28 bits per heavy atom. The van der Waals surface area contributed by atoms with E-state index in [-0.39, 0.29) is 18.6 Å². The molecule has 0 bridgehead atoms. The van der Waals surface area contributed by atoms with E-state index >= 15 is 0 Å². The number of ether oxygens (including phenoxy) is 1. The lowest BCUT2D eigenvalue weighted by Gasteiger charge is -2.32. The zero-order valence-corrected chi connectivity index (χ0v) is 10.8. The average Bonchev–Trinajstić information content (AvgIpc) is 2.43. The molecule has 0 fully saturated rings. The third-order valence-corrected chi connectivity index (χ3v) is 2.66. The second-order valence-electron chi connectivity index (χ2n) is 3.86. The van der Waals surface area contributed by atoms with E-state index in [0.29, 0.717) is 11.3 Å². The Kier molecular flexibility index (Phi) is 5.39. The van der Waals surface area contributed by atoms with Gasteiger partial charge in [0.15, 0.2) is 0 Å². The van der Waals surface area contributed by atoms with E-state index in [9.17, 15) is 9.90 Å². The number of nitrogens with zero attached hydrogens (tertiary/aromatic N) is 1. The summed E-state index contributed by atoms with van der Waals surface area (Å²) in [4.78, 5) is 13.6.